The van der Waals surface area contributed by atoms with Crippen LogP contribution in [0.5, 0.6) is 0 Å². The molecule has 0 atom stereocenters. The minimum absolute atomic E-state index is 0.300. The number of benzene rings is 1. The molecule has 1 amide bonds. The van der Waals surface area contributed by atoms with Gasteiger partial charge in [0, 0.05) is 32.6 Å². The lowest BCUT2D eigenvalue weighted by Crippen LogP contribution is -2.48. The van der Waals surface area contributed by atoms with Gasteiger partial charge in [-0.3, -0.25) is 0 Å². The normalized spacial score (nSPS) is 15.1. The fourth-order valence-corrected chi connectivity index (χ4v) is 2.36. The Labute approximate surface area is 125 Å². The highest BCUT2D eigenvalue weighted by molar-refractivity contribution is 5.65. The molecule has 7 nitrogen and oxygen atoms in total. The predicted octanol–water partition coefficient (Wildman–Crippen LogP) is 1.60. The van der Waals surface area contributed by atoms with Crippen LogP contribution in [-0.2, 0) is 6.42 Å². The second kappa shape index (κ2) is 6.00. The Bertz CT molecular complexity index is 668. The molecule has 1 aliphatic heterocycles. The number of amides is 1. The van der Waals surface area contributed by atoms with Crippen molar-refractivity contribution in [1.29, 1.82) is 0 Å². The second-order valence-electron chi connectivity index (χ2n) is 5.06. The van der Waals surface area contributed by atoms with E-state index in [9.17, 15) is 9.18 Å². The number of halogens is 1. The van der Waals surface area contributed by atoms with Crippen molar-refractivity contribution in [1.82, 2.24) is 15.0 Å². The maximum atomic E-state index is 13.1. The van der Waals surface area contributed by atoms with E-state index in [1.54, 1.807) is 12.1 Å². The highest BCUT2D eigenvalue weighted by Crippen LogP contribution is 2.16. The van der Waals surface area contributed by atoms with Crippen LogP contribution in [0.3, 0.4) is 0 Å². The zero-order chi connectivity index (χ0) is 15.5. The van der Waals surface area contributed by atoms with Gasteiger partial charge in [0.2, 0.25) is 0 Å². The molecule has 1 N–H and O–H groups in total. The summed E-state index contributed by atoms with van der Waals surface area (Å²) in [5.41, 5.74) is 0.767. The van der Waals surface area contributed by atoms with E-state index in [0.717, 1.165) is 5.56 Å². The SMILES string of the molecule is O=C(O)N1CCN(c2nc(Cc3cccc(F)c3)no2)CC1. The van der Waals surface area contributed by atoms with Crippen LogP contribution in [0.4, 0.5) is 15.2 Å². The first-order valence-corrected chi connectivity index (χ1v) is 6.91. The van der Waals surface area contributed by atoms with E-state index in [4.69, 9.17) is 9.63 Å². The standard InChI is InChI=1S/C14H15FN4O3/c15-11-3-1-2-10(8-11)9-12-16-13(22-17-12)18-4-6-19(7-5-18)14(20)21/h1-3,8H,4-7,9H2,(H,20,21). The fourth-order valence-electron chi connectivity index (χ4n) is 2.36. The molecule has 1 aromatic carbocycles. The van der Waals surface area contributed by atoms with Crippen LogP contribution >= 0.6 is 0 Å². The average Bonchev–Trinajstić information content (AvgIpc) is 2.96. The number of carbonyl (C=O) groups is 1. The third kappa shape index (κ3) is 3.16. The van der Waals surface area contributed by atoms with Crippen molar-refractivity contribution in [3.8, 4) is 0 Å². The summed E-state index contributed by atoms with van der Waals surface area (Å²) in [6.07, 6.45) is -0.534. The number of piperazine rings is 1. The number of carboxylic acid groups (broad SMARTS) is 1. The van der Waals surface area contributed by atoms with E-state index in [0.29, 0.717) is 44.4 Å². The number of rotatable bonds is 3. The number of nitrogens with zero attached hydrogens (tertiary/aromatic N) is 4. The summed E-state index contributed by atoms with van der Waals surface area (Å²) in [6, 6.07) is 6.62. The van der Waals surface area contributed by atoms with Crippen LogP contribution in [0.1, 0.15) is 11.4 Å². The van der Waals surface area contributed by atoms with Crippen molar-refractivity contribution in [2.45, 2.75) is 6.42 Å². The van der Waals surface area contributed by atoms with Crippen molar-refractivity contribution in [2.75, 3.05) is 31.1 Å². The van der Waals surface area contributed by atoms with Gasteiger partial charge in [-0.1, -0.05) is 17.3 Å². The van der Waals surface area contributed by atoms with Gasteiger partial charge in [0.05, 0.1) is 0 Å². The van der Waals surface area contributed by atoms with Gasteiger partial charge < -0.3 is 19.4 Å². The quantitative estimate of drug-likeness (QED) is 0.927. The summed E-state index contributed by atoms with van der Waals surface area (Å²) in [5, 5.41) is 12.8. The third-order valence-electron chi connectivity index (χ3n) is 3.53. The highest BCUT2D eigenvalue weighted by Gasteiger charge is 2.23. The Morgan fingerprint density at radius 3 is 2.77 bits per heavy atom. The maximum Gasteiger partial charge on any atom is 0.407 e. The third-order valence-corrected chi connectivity index (χ3v) is 3.53. The molecule has 116 valence electrons. The first-order chi connectivity index (χ1) is 10.6. The van der Waals surface area contributed by atoms with Crippen molar-refractivity contribution >= 4 is 12.1 Å². The van der Waals surface area contributed by atoms with Crippen LogP contribution in [0, 0.1) is 5.82 Å². The van der Waals surface area contributed by atoms with Crippen molar-refractivity contribution in [3.05, 3.63) is 41.5 Å². The highest BCUT2D eigenvalue weighted by atomic mass is 19.1. The van der Waals surface area contributed by atoms with E-state index in [2.05, 4.69) is 10.1 Å². The van der Waals surface area contributed by atoms with Crippen molar-refractivity contribution in [2.24, 2.45) is 0 Å². The molecule has 0 spiro atoms. The Morgan fingerprint density at radius 2 is 2.09 bits per heavy atom. The number of anilines is 1. The molecule has 8 heteroatoms. The van der Waals surface area contributed by atoms with Crippen LogP contribution < -0.4 is 4.90 Å². The van der Waals surface area contributed by atoms with Gasteiger partial charge >= 0.3 is 12.1 Å². The first-order valence-electron chi connectivity index (χ1n) is 6.91. The second-order valence-corrected chi connectivity index (χ2v) is 5.06. The molecule has 1 aromatic heterocycles. The van der Waals surface area contributed by atoms with E-state index in [1.165, 1.54) is 17.0 Å². The molecule has 2 aromatic rings. The summed E-state index contributed by atoms with van der Waals surface area (Å²) < 4.78 is 18.4. The molecule has 0 bridgehead atoms. The van der Waals surface area contributed by atoms with E-state index >= 15 is 0 Å². The average molecular weight is 306 g/mol. The molecule has 1 fully saturated rings. The minimum atomic E-state index is -0.919. The molecule has 3 rings (SSSR count). The monoisotopic (exact) mass is 306 g/mol. The van der Waals surface area contributed by atoms with Gasteiger partial charge in [0.25, 0.3) is 0 Å². The Kier molecular flexibility index (Phi) is 3.90. The molecule has 1 aliphatic rings. The van der Waals surface area contributed by atoms with E-state index in [-0.39, 0.29) is 5.82 Å². The molecule has 1 saturated heterocycles. The number of aromatic nitrogens is 2. The summed E-state index contributed by atoms with van der Waals surface area (Å²) >= 11 is 0. The summed E-state index contributed by atoms with van der Waals surface area (Å²) in [4.78, 5) is 18.3. The molecule has 0 radical (unpaired) electrons. The summed E-state index contributed by atoms with van der Waals surface area (Å²) in [7, 11) is 0. The molecule has 0 aliphatic carbocycles. The van der Waals surface area contributed by atoms with Crippen LogP contribution in [0.2, 0.25) is 0 Å². The smallest absolute Gasteiger partial charge is 0.407 e. The van der Waals surface area contributed by atoms with Gasteiger partial charge in [-0.05, 0) is 17.7 Å². The first kappa shape index (κ1) is 14.3. The number of hydrogen-bond acceptors (Lipinski definition) is 5. The fraction of sp³-hybridized carbons (Fsp3) is 0.357. The minimum Gasteiger partial charge on any atom is -0.465 e. The largest absolute Gasteiger partial charge is 0.465 e. The van der Waals surface area contributed by atoms with Crippen LogP contribution in [0.25, 0.3) is 0 Å². The number of hydrogen-bond donors (Lipinski definition) is 1. The Morgan fingerprint density at radius 1 is 1.32 bits per heavy atom. The van der Waals surface area contributed by atoms with E-state index in [1.807, 2.05) is 4.90 Å². The van der Waals surface area contributed by atoms with Gasteiger partial charge in [0.15, 0.2) is 5.82 Å². The lowest BCUT2D eigenvalue weighted by atomic mass is 10.1. The molecular weight excluding hydrogens is 291 g/mol. The molecule has 2 heterocycles. The van der Waals surface area contributed by atoms with Gasteiger partial charge in [-0.25, -0.2) is 9.18 Å². The van der Waals surface area contributed by atoms with Crippen LogP contribution in [0.15, 0.2) is 28.8 Å². The van der Waals surface area contributed by atoms with Gasteiger partial charge in [-0.15, -0.1) is 0 Å². The lowest BCUT2D eigenvalue weighted by molar-refractivity contribution is 0.141. The zero-order valence-corrected chi connectivity index (χ0v) is 11.8. The van der Waals surface area contributed by atoms with Gasteiger partial charge in [-0.2, -0.15) is 4.98 Å². The Hall–Kier alpha value is -2.64. The zero-order valence-electron chi connectivity index (χ0n) is 11.8. The molecule has 22 heavy (non-hydrogen) atoms. The topological polar surface area (TPSA) is 82.7 Å². The summed E-state index contributed by atoms with van der Waals surface area (Å²) in [6.45, 7) is 1.82. The predicted molar refractivity (Wildman–Crippen MR) is 75.3 cm³/mol. The summed E-state index contributed by atoms with van der Waals surface area (Å²) in [5.74, 6) is 0.173. The van der Waals surface area contributed by atoms with Crippen molar-refractivity contribution < 1.29 is 18.8 Å². The van der Waals surface area contributed by atoms with E-state index < -0.39 is 6.09 Å². The molecular formula is C14H15FN4O3. The molecule has 0 unspecified atom stereocenters. The lowest BCUT2D eigenvalue weighted by Gasteiger charge is -2.31. The van der Waals surface area contributed by atoms with Crippen molar-refractivity contribution in [3.63, 3.8) is 0 Å². The molecule has 0 saturated carbocycles. The van der Waals surface area contributed by atoms with Gasteiger partial charge in [0.1, 0.15) is 5.82 Å². The van der Waals surface area contributed by atoms with Crippen LogP contribution in [-0.4, -0.2) is 52.4 Å². The maximum absolute atomic E-state index is 13.1. The Balaban J connectivity index is 1.63.